The van der Waals surface area contributed by atoms with E-state index >= 15 is 0 Å². The van der Waals surface area contributed by atoms with Crippen LogP contribution in [0, 0.1) is 11.8 Å². The summed E-state index contributed by atoms with van der Waals surface area (Å²) in [4.78, 5) is 36.9. The van der Waals surface area contributed by atoms with Crippen molar-refractivity contribution in [1.29, 1.82) is 0 Å². The van der Waals surface area contributed by atoms with E-state index in [4.69, 9.17) is 0 Å². The van der Waals surface area contributed by atoms with Crippen LogP contribution in [0.1, 0.15) is 91.0 Å². The van der Waals surface area contributed by atoms with Gasteiger partial charge in [0, 0.05) is 22.8 Å². The molecule has 2 aliphatic heterocycles. The number of amides is 2. The zero-order chi connectivity index (χ0) is 36.8. The highest BCUT2D eigenvalue weighted by atomic mass is 32.1. The van der Waals surface area contributed by atoms with Crippen molar-refractivity contribution in [2.75, 3.05) is 13.1 Å². The molecular formula is C43H50N4O2S2. The van der Waals surface area contributed by atoms with Gasteiger partial charge in [0.25, 0.3) is 11.8 Å². The summed E-state index contributed by atoms with van der Waals surface area (Å²) < 4.78 is 0. The summed E-state index contributed by atoms with van der Waals surface area (Å²) in [7, 11) is 0. The van der Waals surface area contributed by atoms with Crippen LogP contribution in [0.3, 0.4) is 0 Å². The van der Waals surface area contributed by atoms with Gasteiger partial charge < -0.3 is 9.80 Å². The third kappa shape index (κ3) is 7.44. The van der Waals surface area contributed by atoms with Gasteiger partial charge in [0.2, 0.25) is 0 Å². The Morgan fingerprint density at radius 3 is 1.41 bits per heavy atom. The fourth-order valence-electron chi connectivity index (χ4n) is 6.42. The van der Waals surface area contributed by atoms with Gasteiger partial charge in [0.1, 0.15) is 0 Å². The quantitative estimate of drug-likeness (QED) is 0.145. The van der Waals surface area contributed by atoms with Crippen LogP contribution in [0.5, 0.6) is 0 Å². The molecule has 0 saturated carbocycles. The third-order valence-corrected chi connectivity index (χ3v) is 11.7. The summed E-state index contributed by atoms with van der Waals surface area (Å²) in [6.07, 6.45) is 1.07. The lowest BCUT2D eigenvalue weighted by atomic mass is 9.82. The SMILES string of the molecule is CCC(C)(C)c1ccc(-c2ccc(C3=C4C(=O)N(CC(C)C)C(c5ccc(-c6ccc(N=NC(C)(C)C)cc6)s5)=C4C(=O)N3CC(C)C)s2)cc1. The minimum atomic E-state index is -0.240. The highest BCUT2D eigenvalue weighted by molar-refractivity contribution is 7.17. The van der Waals surface area contributed by atoms with Crippen LogP contribution in [-0.2, 0) is 15.0 Å². The number of nitrogens with zero attached hydrogens (tertiary/aromatic N) is 4. The van der Waals surface area contributed by atoms with Crippen molar-refractivity contribution in [1.82, 2.24) is 9.80 Å². The van der Waals surface area contributed by atoms with Gasteiger partial charge in [-0.3, -0.25) is 9.59 Å². The first-order valence-corrected chi connectivity index (χ1v) is 19.7. The average Bonchev–Trinajstić information content (AvgIpc) is 3.86. The second-order valence-corrected chi connectivity index (χ2v) is 18.3. The molecule has 0 unspecified atom stereocenters. The van der Waals surface area contributed by atoms with E-state index in [0.717, 1.165) is 54.1 Å². The number of hydrogen-bond donors (Lipinski definition) is 0. The van der Waals surface area contributed by atoms with Crippen molar-refractivity contribution in [3.8, 4) is 20.9 Å². The number of azo groups is 1. The molecule has 4 heterocycles. The molecule has 2 amide bonds. The Morgan fingerprint density at radius 1 is 0.608 bits per heavy atom. The van der Waals surface area contributed by atoms with Gasteiger partial charge in [-0.05, 0) is 97.5 Å². The number of thiophene rings is 2. The first-order valence-electron chi connectivity index (χ1n) is 18.0. The molecule has 0 radical (unpaired) electrons. The van der Waals surface area contributed by atoms with E-state index in [2.05, 4.69) is 119 Å². The molecule has 0 bridgehead atoms. The van der Waals surface area contributed by atoms with E-state index in [0.29, 0.717) is 24.2 Å². The van der Waals surface area contributed by atoms with E-state index in [-0.39, 0.29) is 34.6 Å². The van der Waals surface area contributed by atoms with Gasteiger partial charge in [-0.2, -0.15) is 10.2 Å². The molecule has 6 nitrogen and oxygen atoms in total. The number of fused-ring (bicyclic) bond motifs is 1. The lowest BCUT2D eigenvalue weighted by Crippen LogP contribution is -2.33. The Balaban J connectivity index is 1.43. The smallest absolute Gasteiger partial charge is 0.261 e. The Labute approximate surface area is 311 Å². The van der Waals surface area contributed by atoms with E-state index in [1.165, 1.54) is 5.56 Å². The summed E-state index contributed by atoms with van der Waals surface area (Å²) in [6.45, 7) is 22.4. The maximum absolute atomic E-state index is 14.6. The Bertz CT molecular complexity index is 2030. The topological polar surface area (TPSA) is 65.3 Å². The fourth-order valence-corrected chi connectivity index (χ4v) is 8.56. The van der Waals surface area contributed by atoms with Gasteiger partial charge in [-0.25, -0.2) is 0 Å². The molecule has 4 aromatic rings. The highest BCUT2D eigenvalue weighted by Crippen LogP contribution is 2.50. The van der Waals surface area contributed by atoms with Crippen molar-refractivity contribution >= 4 is 51.6 Å². The van der Waals surface area contributed by atoms with Gasteiger partial charge in [-0.15, -0.1) is 22.7 Å². The summed E-state index contributed by atoms with van der Waals surface area (Å²) >= 11 is 3.26. The van der Waals surface area contributed by atoms with E-state index < -0.39 is 0 Å². The molecule has 0 spiro atoms. The standard InChI is InChI=1S/C43H50N4O2S2/c1-11-43(9,10)30-16-12-28(13-17-30)32-20-22-34(50-32)38-36-37(41(49)46(38)24-26(2)3)39(47(40(36)48)25-27(4)5)35-23-21-33(51-35)29-14-18-31(19-15-29)44-45-42(6,7)8/h12-23,26-27H,11,24-25H2,1-10H3. The summed E-state index contributed by atoms with van der Waals surface area (Å²) in [5, 5.41) is 8.78. The van der Waals surface area contributed by atoms with E-state index in [9.17, 15) is 9.59 Å². The Morgan fingerprint density at radius 2 is 1.02 bits per heavy atom. The Hall–Kier alpha value is -4.14. The molecule has 0 aliphatic carbocycles. The molecule has 2 aromatic carbocycles. The summed E-state index contributed by atoms with van der Waals surface area (Å²) in [5.74, 6) is 0.265. The molecule has 0 saturated heterocycles. The Kier molecular flexibility index (Phi) is 10.1. The first-order chi connectivity index (χ1) is 24.1. The fraction of sp³-hybridized carbons (Fsp3) is 0.395. The maximum atomic E-state index is 14.6. The molecule has 0 atom stereocenters. The maximum Gasteiger partial charge on any atom is 0.261 e. The van der Waals surface area contributed by atoms with Crippen LogP contribution in [-0.4, -0.2) is 40.2 Å². The second-order valence-electron chi connectivity index (χ2n) is 16.1. The van der Waals surface area contributed by atoms with Crippen LogP contribution < -0.4 is 0 Å². The molecule has 8 heteroatoms. The molecule has 2 aromatic heterocycles. The van der Waals surface area contributed by atoms with Crippen LogP contribution in [0.2, 0.25) is 0 Å². The zero-order valence-corrected chi connectivity index (χ0v) is 33.3. The minimum Gasteiger partial charge on any atom is -0.306 e. The average molecular weight is 719 g/mol. The van der Waals surface area contributed by atoms with Crippen molar-refractivity contribution < 1.29 is 9.59 Å². The van der Waals surface area contributed by atoms with Crippen LogP contribution in [0.15, 0.2) is 94.2 Å². The normalized spacial score (nSPS) is 15.6. The van der Waals surface area contributed by atoms with E-state index in [1.54, 1.807) is 22.7 Å². The number of carbonyl (C=O) groups is 2. The first kappa shape index (κ1) is 36.6. The van der Waals surface area contributed by atoms with E-state index in [1.807, 2.05) is 42.7 Å². The zero-order valence-electron chi connectivity index (χ0n) is 31.6. The van der Waals surface area contributed by atoms with Crippen molar-refractivity contribution in [2.24, 2.45) is 22.1 Å². The lowest BCUT2D eigenvalue weighted by molar-refractivity contribution is -0.124. The van der Waals surface area contributed by atoms with Crippen LogP contribution >= 0.6 is 22.7 Å². The van der Waals surface area contributed by atoms with Crippen molar-refractivity contribution in [3.05, 3.63) is 99.3 Å². The van der Waals surface area contributed by atoms with Gasteiger partial charge in [-0.1, -0.05) is 84.9 Å². The molecule has 0 fully saturated rings. The van der Waals surface area contributed by atoms with Gasteiger partial charge >= 0.3 is 0 Å². The second kappa shape index (κ2) is 14.1. The predicted octanol–water partition coefficient (Wildman–Crippen LogP) is 11.8. The number of hydrogen-bond acceptors (Lipinski definition) is 6. The molecule has 51 heavy (non-hydrogen) atoms. The molecule has 0 N–H and O–H groups in total. The summed E-state index contributed by atoms with van der Waals surface area (Å²) in [5.41, 5.74) is 6.74. The largest absolute Gasteiger partial charge is 0.306 e. The third-order valence-electron chi connectivity index (χ3n) is 9.41. The van der Waals surface area contributed by atoms with Crippen LogP contribution in [0.4, 0.5) is 5.69 Å². The molecule has 6 rings (SSSR count). The number of rotatable bonds is 11. The minimum absolute atomic E-state index is 0.0899. The number of carbonyl (C=O) groups excluding carboxylic acids is 2. The van der Waals surface area contributed by atoms with Gasteiger partial charge in [0.05, 0.1) is 43.5 Å². The van der Waals surface area contributed by atoms with Crippen LogP contribution in [0.25, 0.3) is 32.3 Å². The predicted molar refractivity (Wildman–Crippen MR) is 214 cm³/mol. The lowest BCUT2D eigenvalue weighted by Gasteiger charge is -2.26. The van der Waals surface area contributed by atoms with Crippen molar-refractivity contribution in [3.63, 3.8) is 0 Å². The monoisotopic (exact) mass is 718 g/mol. The highest BCUT2D eigenvalue weighted by Gasteiger charge is 2.49. The summed E-state index contributed by atoms with van der Waals surface area (Å²) in [6, 6.07) is 25.3. The van der Waals surface area contributed by atoms with Gasteiger partial charge in [0.15, 0.2) is 0 Å². The van der Waals surface area contributed by atoms with Crippen molar-refractivity contribution in [2.45, 2.75) is 86.6 Å². The molecule has 2 aliphatic rings. The number of benzene rings is 2. The molecule has 266 valence electrons. The molecular weight excluding hydrogens is 669 g/mol.